The molecular formula is C20H33N3O3. The zero-order valence-electron chi connectivity index (χ0n) is 16.3. The van der Waals surface area contributed by atoms with Gasteiger partial charge in [-0.3, -0.25) is 0 Å². The lowest BCUT2D eigenvalue weighted by atomic mass is 10.1. The second-order valence-corrected chi connectivity index (χ2v) is 6.47. The first-order valence-corrected chi connectivity index (χ1v) is 9.62. The summed E-state index contributed by atoms with van der Waals surface area (Å²) < 4.78 is 16.9. The first kappa shape index (κ1) is 20.5. The predicted molar refractivity (Wildman–Crippen MR) is 105 cm³/mol. The van der Waals surface area contributed by atoms with Crippen molar-refractivity contribution < 1.29 is 14.2 Å². The zero-order chi connectivity index (χ0) is 18.6. The molecule has 0 aromatic heterocycles. The van der Waals surface area contributed by atoms with Gasteiger partial charge in [-0.1, -0.05) is 12.1 Å². The van der Waals surface area contributed by atoms with Crippen LogP contribution in [0.1, 0.15) is 31.4 Å². The number of hydrogen-bond acceptors (Lipinski definition) is 4. The average Bonchev–Trinajstić information content (AvgIpc) is 3.16. The van der Waals surface area contributed by atoms with Crippen molar-refractivity contribution in [2.45, 2.75) is 33.7 Å². The summed E-state index contributed by atoms with van der Waals surface area (Å²) >= 11 is 0. The first-order chi connectivity index (χ1) is 12.7. The van der Waals surface area contributed by atoms with E-state index in [0.717, 1.165) is 56.6 Å². The molecule has 0 saturated carbocycles. The fourth-order valence-corrected chi connectivity index (χ4v) is 2.74. The molecule has 0 spiro atoms. The summed E-state index contributed by atoms with van der Waals surface area (Å²) in [7, 11) is 0. The van der Waals surface area contributed by atoms with Gasteiger partial charge in [0.05, 0.1) is 26.4 Å². The number of nitrogens with one attached hydrogen (secondary N) is 2. The number of benzene rings is 1. The maximum atomic E-state index is 6.10. The quantitative estimate of drug-likeness (QED) is 0.380. The lowest BCUT2D eigenvalue weighted by molar-refractivity contribution is 0.152. The molecule has 0 bridgehead atoms. The van der Waals surface area contributed by atoms with Crippen LogP contribution in [0.25, 0.3) is 0 Å². The number of aliphatic imine (C=N–C) groups is 1. The summed E-state index contributed by atoms with van der Waals surface area (Å²) in [6.45, 7) is 12.0. The van der Waals surface area contributed by atoms with Gasteiger partial charge in [0.15, 0.2) is 5.96 Å². The van der Waals surface area contributed by atoms with Gasteiger partial charge in [-0.05, 0) is 38.8 Å². The Hall–Kier alpha value is -1.79. The minimum absolute atomic E-state index is 0.490. The van der Waals surface area contributed by atoms with E-state index in [1.54, 1.807) is 0 Å². The third kappa shape index (κ3) is 7.22. The smallest absolute Gasteiger partial charge is 0.191 e. The summed E-state index contributed by atoms with van der Waals surface area (Å²) in [4.78, 5) is 4.69. The van der Waals surface area contributed by atoms with Crippen molar-refractivity contribution in [2.75, 3.05) is 46.1 Å². The van der Waals surface area contributed by atoms with Gasteiger partial charge in [0.25, 0.3) is 0 Å². The molecular weight excluding hydrogens is 330 g/mol. The monoisotopic (exact) mass is 363 g/mol. The van der Waals surface area contributed by atoms with E-state index in [-0.39, 0.29) is 0 Å². The molecule has 6 heteroatoms. The van der Waals surface area contributed by atoms with Gasteiger partial charge >= 0.3 is 0 Å². The highest BCUT2D eigenvalue weighted by Gasteiger charge is 2.17. The van der Waals surface area contributed by atoms with Crippen molar-refractivity contribution in [2.24, 2.45) is 10.9 Å². The van der Waals surface area contributed by atoms with Gasteiger partial charge in [0.1, 0.15) is 5.75 Å². The second kappa shape index (κ2) is 11.8. The topological polar surface area (TPSA) is 64.1 Å². The Bertz CT molecular complexity index is 557. The van der Waals surface area contributed by atoms with Crippen LogP contribution in [0.5, 0.6) is 5.75 Å². The molecule has 26 heavy (non-hydrogen) atoms. The van der Waals surface area contributed by atoms with Gasteiger partial charge in [0, 0.05) is 37.8 Å². The molecule has 1 aliphatic rings. The summed E-state index contributed by atoms with van der Waals surface area (Å²) in [5.41, 5.74) is 2.29. The molecule has 0 aliphatic carbocycles. The number of aryl methyl sites for hydroxylation is 1. The maximum absolute atomic E-state index is 6.10. The van der Waals surface area contributed by atoms with E-state index >= 15 is 0 Å². The minimum Gasteiger partial charge on any atom is -0.493 e. The largest absolute Gasteiger partial charge is 0.493 e. The molecule has 2 N–H and O–H groups in total. The Kier molecular flexibility index (Phi) is 9.28. The molecule has 1 aromatic rings. The summed E-state index contributed by atoms with van der Waals surface area (Å²) in [5, 5.41) is 6.55. The molecule has 0 amide bonds. The maximum Gasteiger partial charge on any atom is 0.191 e. The lowest BCUT2D eigenvalue weighted by Gasteiger charge is -2.15. The van der Waals surface area contributed by atoms with Crippen LogP contribution in [0.4, 0.5) is 0 Å². The highest BCUT2D eigenvalue weighted by atomic mass is 16.5. The van der Waals surface area contributed by atoms with Crippen molar-refractivity contribution in [1.29, 1.82) is 0 Å². The standard InChI is InChI=1S/C20H33N3O3/c1-4-21-20(22-9-11-24-5-2)23-13-18-7-6-16(3)12-19(18)26-15-17-8-10-25-14-17/h6-7,12,17H,4-5,8-11,13-15H2,1-3H3,(H2,21,22,23). The summed E-state index contributed by atoms with van der Waals surface area (Å²) in [5.74, 6) is 2.21. The Morgan fingerprint density at radius 1 is 1.31 bits per heavy atom. The van der Waals surface area contributed by atoms with Crippen LogP contribution in [-0.2, 0) is 16.0 Å². The van der Waals surface area contributed by atoms with Gasteiger partial charge in [0.2, 0.25) is 0 Å². The Morgan fingerprint density at radius 2 is 2.19 bits per heavy atom. The molecule has 1 aliphatic heterocycles. The number of rotatable bonds is 10. The molecule has 1 unspecified atom stereocenters. The van der Waals surface area contributed by atoms with Gasteiger partial charge in [-0.15, -0.1) is 0 Å². The highest BCUT2D eigenvalue weighted by molar-refractivity contribution is 5.79. The first-order valence-electron chi connectivity index (χ1n) is 9.62. The predicted octanol–water partition coefficient (Wildman–Crippen LogP) is 2.50. The zero-order valence-corrected chi connectivity index (χ0v) is 16.3. The van der Waals surface area contributed by atoms with E-state index < -0.39 is 0 Å². The molecule has 1 heterocycles. The van der Waals surface area contributed by atoms with Crippen molar-refractivity contribution in [3.63, 3.8) is 0 Å². The van der Waals surface area contributed by atoms with Crippen molar-refractivity contribution >= 4 is 5.96 Å². The third-order valence-corrected chi connectivity index (χ3v) is 4.22. The molecule has 146 valence electrons. The fourth-order valence-electron chi connectivity index (χ4n) is 2.74. The van der Waals surface area contributed by atoms with E-state index in [9.17, 15) is 0 Å². The number of guanidine groups is 1. The highest BCUT2D eigenvalue weighted by Crippen LogP contribution is 2.23. The van der Waals surface area contributed by atoms with Crippen molar-refractivity contribution in [3.8, 4) is 5.75 Å². The van der Waals surface area contributed by atoms with E-state index in [0.29, 0.717) is 25.7 Å². The van der Waals surface area contributed by atoms with Crippen molar-refractivity contribution in [3.05, 3.63) is 29.3 Å². The second-order valence-electron chi connectivity index (χ2n) is 6.47. The molecule has 1 aromatic carbocycles. The average molecular weight is 364 g/mol. The summed E-state index contributed by atoms with van der Waals surface area (Å²) in [6.07, 6.45) is 1.08. The Labute approximate surface area is 157 Å². The van der Waals surface area contributed by atoms with Gasteiger partial charge < -0.3 is 24.8 Å². The molecule has 1 saturated heterocycles. The van der Waals surface area contributed by atoms with Crippen LogP contribution in [0.15, 0.2) is 23.2 Å². The minimum atomic E-state index is 0.490. The normalized spacial score (nSPS) is 17.3. The van der Waals surface area contributed by atoms with Crippen LogP contribution in [0.2, 0.25) is 0 Å². The van der Waals surface area contributed by atoms with Gasteiger partial charge in [-0.2, -0.15) is 0 Å². The van der Waals surface area contributed by atoms with Gasteiger partial charge in [-0.25, -0.2) is 4.99 Å². The van der Waals surface area contributed by atoms with Crippen LogP contribution in [0, 0.1) is 12.8 Å². The number of hydrogen-bond donors (Lipinski definition) is 2. The Morgan fingerprint density at radius 3 is 2.92 bits per heavy atom. The van der Waals surface area contributed by atoms with E-state index in [1.165, 1.54) is 5.56 Å². The van der Waals surface area contributed by atoms with E-state index in [4.69, 9.17) is 14.2 Å². The van der Waals surface area contributed by atoms with Crippen LogP contribution in [0.3, 0.4) is 0 Å². The summed E-state index contributed by atoms with van der Waals surface area (Å²) in [6, 6.07) is 6.30. The SMILES string of the molecule is CCNC(=NCc1ccc(C)cc1OCC1CCOC1)NCCOCC. The van der Waals surface area contributed by atoms with E-state index in [2.05, 4.69) is 47.7 Å². The fraction of sp³-hybridized carbons (Fsp3) is 0.650. The molecule has 0 radical (unpaired) electrons. The van der Waals surface area contributed by atoms with Crippen LogP contribution in [-0.4, -0.2) is 52.1 Å². The Balaban J connectivity index is 1.96. The number of nitrogens with zero attached hydrogens (tertiary/aromatic N) is 1. The molecule has 1 fully saturated rings. The van der Waals surface area contributed by atoms with E-state index in [1.807, 2.05) is 6.92 Å². The molecule has 6 nitrogen and oxygen atoms in total. The van der Waals surface area contributed by atoms with Crippen LogP contribution >= 0.6 is 0 Å². The van der Waals surface area contributed by atoms with Crippen molar-refractivity contribution in [1.82, 2.24) is 10.6 Å². The molecule has 2 rings (SSSR count). The third-order valence-electron chi connectivity index (χ3n) is 4.22. The lowest BCUT2D eigenvalue weighted by Crippen LogP contribution is -2.39. The molecule has 1 atom stereocenters. The van der Waals surface area contributed by atoms with Crippen LogP contribution < -0.4 is 15.4 Å². The number of ether oxygens (including phenoxy) is 3.